The summed E-state index contributed by atoms with van der Waals surface area (Å²) in [4.78, 5) is 14.0. The average molecular weight is 212 g/mol. The molecule has 3 heteroatoms. The van der Waals surface area contributed by atoms with Gasteiger partial charge in [0.05, 0.1) is 5.54 Å². The molecule has 1 unspecified atom stereocenters. The van der Waals surface area contributed by atoms with Crippen LogP contribution in [0.5, 0.6) is 0 Å². The summed E-state index contributed by atoms with van der Waals surface area (Å²) in [5.41, 5.74) is -0.291. The Morgan fingerprint density at radius 2 is 2.20 bits per heavy atom. The molecule has 1 aliphatic heterocycles. The topological polar surface area (TPSA) is 32.3 Å². The van der Waals surface area contributed by atoms with Crippen LogP contribution in [-0.4, -0.2) is 36.5 Å². The number of rotatable bonds is 5. The lowest BCUT2D eigenvalue weighted by Gasteiger charge is -2.29. The highest BCUT2D eigenvalue weighted by atomic mass is 16.2. The van der Waals surface area contributed by atoms with Crippen LogP contribution in [0, 0.1) is 0 Å². The van der Waals surface area contributed by atoms with Crippen molar-refractivity contribution >= 4 is 5.91 Å². The van der Waals surface area contributed by atoms with Gasteiger partial charge in [0.2, 0.25) is 5.91 Å². The van der Waals surface area contributed by atoms with E-state index in [-0.39, 0.29) is 11.4 Å². The molecule has 3 nitrogen and oxygen atoms in total. The van der Waals surface area contributed by atoms with E-state index in [4.69, 9.17) is 0 Å². The number of hydrogen-bond donors (Lipinski definition) is 1. The summed E-state index contributed by atoms with van der Waals surface area (Å²) in [7, 11) is 1.92. The second kappa shape index (κ2) is 5.50. The molecule has 0 aliphatic carbocycles. The van der Waals surface area contributed by atoms with Gasteiger partial charge in [-0.25, -0.2) is 0 Å². The second-order valence-electron chi connectivity index (χ2n) is 4.80. The summed E-state index contributed by atoms with van der Waals surface area (Å²) in [5, 5.41) is 3.31. The average Bonchev–Trinajstić information content (AvgIpc) is 2.65. The van der Waals surface area contributed by atoms with Crippen molar-refractivity contribution in [3.05, 3.63) is 0 Å². The molecule has 0 aromatic carbocycles. The van der Waals surface area contributed by atoms with Crippen LogP contribution in [0.4, 0.5) is 0 Å². The zero-order chi connectivity index (χ0) is 11.3. The third kappa shape index (κ3) is 3.20. The van der Waals surface area contributed by atoms with Crippen molar-refractivity contribution in [3.63, 3.8) is 0 Å². The van der Waals surface area contributed by atoms with E-state index in [0.717, 1.165) is 32.4 Å². The minimum Gasteiger partial charge on any atom is -0.344 e. The lowest BCUT2D eigenvalue weighted by atomic mass is 9.98. The van der Waals surface area contributed by atoms with E-state index in [9.17, 15) is 4.79 Å². The molecular weight excluding hydrogens is 188 g/mol. The van der Waals surface area contributed by atoms with Crippen molar-refractivity contribution < 1.29 is 4.79 Å². The Labute approximate surface area is 93.2 Å². The van der Waals surface area contributed by atoms with Gasteiger partial charge < -0.3 is 10.2 Å². The Balaban J connectivity index is 2.38. The van der Waals surface area contributed by atoms with Crippen LogP contribution in [0.2, 0.25) is 0 Å². The van der Waals surface area contributed by atoms with E-state index in [1.165, 1.54) is 12.8 Å². The molecule has 0 radical (unpaired) electrons. The summed E-state index contributed by atoms with van der Waals surface area (Å²) in [6.45, 7) is 6.08. The summed E-state index contributed by atoms with van der Waals surface area (Å²) < 4.78 is 0. The van der Waals surface area contributed by atoms with Gasteiger partial charge in [-0.2, -0.15) is 0 Å². The van der Waals surface area contributed by atoms with Gasteiger partial charge in [0.25, 0.3) is 0 Å². The first kappa shape index (κ1) is 12.5. The minimum absolute atomic E-state index is 0.260. The summed E-state index contributed by atoms with van der Waals surface area (Å²) in [6.07, 6.45) is 5.63. The molecule has 1 N–H and O–H groups in total. The summed E-state index contributed by atoms with van der Waals surface area (Å²) in [6, 6.07) is 0. The SMILES string of the molecule is CCCCCN(C)C(=O)C1(C)CCCN1. The van der Waals surface area contributed by atoms with E-state index in [1.807, 2.05) is 18.9 Å². The van der Waals surface area contributed by atoms with Crippen molar-refractivity contribution in [1.82, 2.24) is 10.2 Å². The predicted molar refractivity (Wildman–Crippen MR) is 62.8 cm³/mol. The Hall–Kier alpha value is -0.570. The first-order valence-corrected chi connectivity index (χ1v) is 6.11. The fourth-order valence-electron chi connectivity index (χ4n) is 2.20. The zero-order valence-electron chi connectivity index (χ0n) is 10.3. The molecule has 88 valence electrons. The van der Waals surface area contributed by atoms with E-state index >= 15 is 0 Å². The molecule has 0 aromatic heterocycles. The lowest BCUT2D eigenvalue weighted by Crippen LogP contribution is -2.51. The third-order valence-electron chi connectivity index (χ3n) is 3.28. The van der Waals surface area contributed by atoms with Crippen LogP contribution >= 0.6 is 0 Å². The Bertz CT molecular complexity index is 210. The number of unbranched alkanes of at least 4 members (excludes halogenated alkanes) is 2. The number of amides is 1. The molecule has 1 aliphatic rings. The Morgan fingerprint density at radius 1 is 1.47 bits per heavy atom. The molecule has 15 heavy (non-hydrogen) atoms. The summed E-state index contributed by atoms with van der Waals surface area (Å²) >= 11 is 0. The van der Waals surface area contributed by atoms with Crippen LogP contribution in [0.3, 0.4) is 0 Å². The minimum atomic E-state index is -0.291. The van der Waals surface area contributed by atoms with Crippen molar-refractivity contribution in [2.45, 2.75) is 51.5 Å². The van der Waals surface area contributed by atoms with Gasteiger partial charge in [-0.1, -0.05) is 19.8 Å². The largest absolute Gasteiger partial charge is 0.344 e. The van der Waals surface area contributed by atoms with Gasteiger partial charge in [0.1, 0.15) is 0 Å². The van der Waals surface area contributed by atoms with Gasteiger partial charge >= 0.3 is 0 Å². The molecule has 0 aromatic rings. The van der Waals surface area contributed by atoms with Crippen molar-refractivity contribution in [1.29, 1.82) is 0 Å². The normalized spacial score (nSPS) is 25.5. The standard InChI is InChI=1S/C12H24N2O/c1-4-5-6-10-14(3)11(15)12(2)8-7-9-13-12/h13H,4-10H2,1-3H3. The Kier molecular flexibility index (Phi) is 4.58. The molecular formula is C12H24N2O. The van der Waals surface area contributed by atoms with Crippen LogP contribution in [0.25, 0.3) is 0 Å². The van der Waals surface area contributed by atoms with Gasteiger partial charge in [-0.3, -0.25) is 4.79 Å². The van der Waals surface area contributed by atoms with E-state index < -0.39 is 0 Å². The highest BCUT2D eigenvalue weighted by Gasteiger charge is 2.37. The molecule has 1 atom stereocenters. The fraction of sp³-hybridized carbons (Fsp3) is 0.917. The van der Waals surface area contributed by atoms with E-state index in [0.29, 0.717) is 0 Å². The fourth-order valence-corrected chi connectivity index (χ4v) is 2.20. The zero-order valence-corrected chi connectivity index (χ0v) is 10.3. The highest BCUT2D eigenvalue weighted by molar-refractivity contribution is 5.86. The summed E-state index contributed by atoms with van der Waals surface area (Å²) in [5.74, 6) is 0.260. The molecule has 1 heterocycles. The maximum absolute atomic E-state index is 12.1. The molecule has 1 amide bonds. The van der Waals surface area contributed by atoms with Gasteiger partial charge in [-0.15, -0.1) is 0 Å². The quantitative estimate of drug-likeness (QED) is 0.705. The van der Waals surface area contributed by atoms with Gasteiger partial charge in [-0.05, 0) is 32.7 Å². The third-order valence-corrected chi connectivity index (χ3v) is 3.28. The monoisotopic (exact) mass is 212 g/mol. The molecule has 1 fully saturated rings. The van der Waals surface area contributed by atoms with Crippen LogP contribution in [0.15, 0.2) is 0 Å². The van der Waals surface area contributed by atoms with E-state index in [2.05, 4.69) is 12.2 Å². The smallest absolute Gasteiger partial charge is 0.242 e. The van der Waals surface area contributed by atoms with Crippen molar-refractivity contribution in [3.8, 4) is 0 Å². The number of carbonyl (C=O) groups is 1. The van der Waals surface area contributed by atoms with E-state index in [1.54, 1.807) is 0 Å². The molecule has 0 saturated carbocycles. The van der Waals surface area contributed by atoms with Crippen LogP contribution in [0.1, 0.15) is 46.0 Å². The van der Waals surface area contributed by atoms with Crippen molar-refractivity contribution in [2.24, 2.45) is 0 Å². The molecule has 0 spiro atoms. The molecule has 0 bridgehead atoms. The van der Waals surface area contributed by atoms with Gasteiger partial charge in [0.15, 0.2) is 0 Å². The number of nitrogens with one attached hydrogen (secondary N) is 1. The Morgan fingerprint density at radius 3 is 2.73 bits per heavy atom. The van der Waals surface area contributed by atoms with Crippen LogP contribution in [-0.2, 0) is 4.79 Å². The maximum atomic E-state index is 12.1. The van der Waals surface area contributed by atoms with Crippen molar-refractivity contribution in [2.75, 3.05) is 20.1 Å². The number of hydrogen-bond acceptors (Lipinski definition) is 2. The molecule has 1 saturated heterocycles. The highest BCUT2D eigenvalue weighted by Crippen LogP contribution is 2.20. The number of likely N-dealkylation sites (N-methyl/N-ethyl adjacent to an activating group) is 1. The first-order valence-electron chi connectivity index (χ1n) is 6.11. The first-order chi connectivity index (χ1) is 7.10. The lowest BCUT2D eigenvalue weighted by molar-refractivity contribution is -0.135. The molecule has 1 rings (SSSR count). The predicted octanol–water partition coefficient (Wildman–Crippen LogP) is 1.78. The second-order valence-corrected chi connectivity index (χ2v) is 4.80. The van der Waals surface area contributed by atoms with Crippen LogP contribution < -0.4 is 5.32 Å². The maximum Gasteiger partial charge on any atom is 0.242 e. The number of nitrogens with zero attached hydrogens (tertiary/aromatic N) is 1. The number of carbonyl (C=O) groups excluding carboxylic acids is 1. The van der Waals surface area contributed by atoms with Gasteiger partial charge in [0, 0.05) is 13.6 Å².